The molecule has 0 bridgehead atoms. The Balaban J connectivity index is 1.59. The molecule has 4 nitrogen and oxygen atoms in total. The molecule has 7 heteroatoms. The average molecular weight is 357 g/mol. The van der Waals surface area contributed by atoms with Gasteiger partial charge in [-0.3, -0.25) is 4.79 Å². The molecule has 0 N–H and O–H groups in total. The van der Waals surface area contributed by atoms with Crippen LogP contribution in [-0.2, 0) is 9.53 Å². The quantitative estimate of drug-likeness (QED) is 0.723. The first-order valence-electron chi connectivity index (χ1n) is 8.62. The lowest BCUT2D eigenvalue weighted by Crippen LogP contribution is -2.28. The predicted octanol–water partition coefficient (Wildman–Crippen LogP) is 4.00. The van der Waals surface area contributed by atoms with Crippen LogP contribution in [0.4, 0.5) is 18.9 Å². The minimum absolute atomic E-state index is 0.00123. The van der Waals surface area contributed by atoms with Gasteiger partial charge in [-0.25, -0.2) is 0 Å². The molecule has 2 fully saturated rings. The van der Waals surface area contributed by atoms with E-state index >= 15 is 0 Å². The van der Waals surface area contributed by atoms with Gasteiger partial charge < -0.3 is 14.4 Å². The molecule has 1 aromatic carbocycles. The predicted molar refractivity (Wildman–Crippen MR) is 86.3 cm³/mol. The number of alkyl halides is 3. The third kappa shape index (κ3) is 4.26. The van der Waals surface area contributed by atoms with E-state index in [1.807, 2.05) is 0 Å². The number of anilines is 1. The van der Waals surface area contributed by atoms with Crippen molar-refractivity contribution in [1.29, 1.82) is 0 Å². The summed E-state index contributed by atoms with van der Waals surface area (Å²) < 4.78 is 46.1. The van der Waals surface area contributed by atoms with Crippen LogP contribution in [0.25, 0.3) is 0 Å². The maximum absolute atomic E-state index is 12.7. The highest BCUT2D eigenvalue weighted by atomic mass is 19.4. The number of ether oxygens (including phenoxy) is 2. The number of fused-ring (bicyclic) bond motifs is 1. The van der Waals surface area contributed by atoms with Crippen molar-refractivity contribution in [3.05, 3.63) is 24.3 Å². The first kappa shape index (κ1) is 18.0. The Hall–Kier alpha value is -1.76. The lowest BCUT2D eigenvalue weighted by atomic mass is 10.0. The van der Waals surface area contributed by atoms with Crippen molar-refractivity contribution in [3.8, 4) is 5.75 Å². The molecule has 138 valence electrons. The van der Waals surface area contributed by atoms with Gasteiger partial charge in [0, 0.05) is 31.4 Å². The number of hydrogen-bond acceptors (Lipinski definition) is 3. The Morgan fingerprint density at radius 3 is 2.52 bits per heavy atom. The van der Waals surface area contributed by atoms with Gasteiger partial charge in [0.1, 0.15) is 5.75 Å². The topological polar surface area (TPSA) is 38.8 Å². The number of benzene rings is 1. The van der Waals surface area contributed by atoms with Gasteiger partial charge in [0.2, 0.25) is 5.91 Å². The molecule has 1 amide bonds. The maximum atomic E-state index is 12.7. The molecule has 2 aliphatic rings. The van der Waals surface area contributed by atoms with Crippen molar-refractivity contribution in [3.63, 3.8) is 0 Å². The van der Waals surface area contributed by atoms with Crippen LogP contribution < -0.4 is 9.64 Å². The number of carbonyl (C=O) groups is 1. The Kier molecular flexibility index (Phi) is 5.22. The molecule has 0 aromatic heterocycles. The van der Waals surface area contributed by atoms with Gasteiger partial charge in [-0.1, -0.05) is 6.92 Å². The van der Waals surface area contributed by atoms with E-state index in [4.69, 9.17) is 4.74 Å². The lowest BCUT2D eigenvalue weighted by Gasteiger charge is -2.20. The SMILES string of the molecule is CCCOCC1CC2CN(c3ccc(OC(F)(F)F)cc3)C(=O)C2C1. The molecule has 25 heavy (non-hydrogen) atoms. The second-order valence-corrected chi connectivity index (χ2v) is 6.77. The molecule has 1 saturated carbocycles. The van der Waals surface area contributed by atoms with Crippen LogP contribution in [0.2, 0.25) is 0 Å². The highest BCUT2D eigenvalue weighted by molar-refractivity contribution is 5.97. The molecule has 1 aromatic rings. The van der Waals surface area contributed by atoms with Crippen LogP contribution >= 0.6 is 0 Å². The van der Waals surface area contributed by atoms with Crippen LogP contribution in [0.15, 0.2) is 24.3 Å². The Morgan fingerprint density at radius 1 is 1.20 bits per heavy atom. The molecule has 3 unspecified atom stereocenters. The molecule has 1 saturated heterocycles. The number of hydrogen-bond donors (Lipinski definition) is 0. The van der Waals surface area contributed by atoms with Gasteiger partial charge in [-0.05, 0) is 55.4 Å². The molecule has 0 spiro atoms. The van der Waals surface area contributed by atoms with Crippen molar-refractivity contribution < 1.29 is 27.4 Å². The monoisotopic (exact) mass is 357 g/mol. The maximum Gasteiger partial charge on any atom is 0.573 e. The number of rotatable bonds is 6. The van der Waals surface area contributed by atoms with Crippen molar-refractivity contribution in [2.45, 2.75) is 32.5 Å². The number of amides is 1. The van der Waals surface area contributed by atoms with E-state index < -0.39 is 6.36 Å². The zero-order valence-corrected chi connectivity index (χ0v) is 14.1. The summed E-state index contributed by atoms with van der Waals surface area (Å²) in [5.74, 6) is 0.508. The number of carbonyl (C=O) groups excluding carboxylic acids is 1. The van der Waals surface area contributed by atoms with E-state index in [2.05, 4.69) is 11.7 Å². The van der Waals surface area contributed by atoms with Crippen LogP contribution in [0.5, 0.6) is 5.75 Å². The zero-order chi connectivity index (χ0) is 18.0. The van der Waals surface area contributed by atoms with Gasteiger partial charge in [0.25, 0.3) is 0 Å². The largest absolute Gasteiger partial charge is 0.573 e. The van der Waals surface area contributed by atoms with Crippen LogP contribution in [0, 0.1) is 17.8 Å². The summed E-state index contributed by atoms with van der Waals surface area (Å²) in [6, 6.07) is 5.49. The van der Waals surface area contributed by atoms with Gasteiger partial charge in [-0.2, -0.15) is 0 Å². The molecular weight excluding hydrogens is 335 g/mol. The summed E-state index contributed by atoms with van der Waals surface area (Å²) in [7, 11) is 0. The highest BCUT2D eigenvalue weighted by Gasteiger charge is 2.47. The molecule has 1 aliphatic heterocycles. The van der Waals surface area contributed by atoms with Gasteiger partial charge in [0.05, 0.1) is 0 Å². The summed E-state index contributed by atoms with van der Waals surface area (Å²) in [5, 5.41) is 0. The van der Waals surface area contributed by atoms with E-state index in [1.54, 1.807) is 4.90 Å². The van der Waals surface area contributed by atoms with Crippen molar-refractivity contribution in [2.24, 2.45) is 17.8 Å². The van der Waals surface area contributed by atoms with Crippen LogP contribution in [0.3, 0.4) is 0 Å². The number of halogens is 3. The van der Waals surface area contributed by atoms with Crippen molar-refractivity contribution in [2.75, 3.05) is 24.7 Å². The molecule has 0 radical (unpaired) electrons. The third-order valence-electron chi connectivity index (χ3n) is 4.88. The summed E-state index contributed by atoms with van der Waals surface area (Å²) in [5.41, 5.74) is 0.618. The van der Waals surface area contributed by atoms with E-state index in [0.717, 1.165) is 25.9 Å². The molecule has 3 atom stereocenters. The average Bonchev–Trinajstić information content (AvgIpc) is 3.06. The summed E-state index contributed by atoms with van der Waals surface area (Å²) in [4.78, 5) is 14.3. The van der Waals surface area contributed by atoms with E-state index in [0.29, 0.717) is 30.7 Å². The minimum atomic E-state index is -4.71. The van der Waals surface area contributed by atoms with Crippen molar-refractivity contribution in [1.82, 2.24) is 0 Å². The highest BCUT2D eigenvalue weighted by Crippen LogP contribution is 2.44. The smallest absolute Gasteiger partial charge is 0.406 e. The van der Waals surface area contributed by atoms with Crippen LogP contribution in [0.1, 0.15) is 26.2 Å². The summed E-state index contributed by atoms with van der Waals surface area (Å²) >= 11 is 0. The van der Waals surface area contributed by atoms with Crippen LogP contribution in [-0.4, -0.2) is 32.0 Å². The first-order valence-corrected chi connectivity index (χ1v) is 8.62. The second-order valence-electron chi connectivity index (χ2n) is 6.77. The fraction of sp³-hybridized carbons (Fsp3) is 0.611. The third-order valence-corrected chi connectivity index (χ3v) is 4.88. The normalized spacial score (nSPS) is 26.2. The summed E-state index contributed by atoms with van der Waals surface area (Å²) in [6.45, 7) is 4.14. The van der Waals surface area contributed by atoms with E-state index in [1.165, 1.54) is 24.3 Å². The Labute approximate surface area is 144 Å². The molecule has 3 rings (SSSR count). The van der Waals surface area contributed by atoms with E-state index in [-0.39, 0.29) is 17.6 Å². The number of nitrogens with zero attached hydrogens (tertiary/aromatic N) is 1. The minimum Gasteiger partial charge on any atom is -0.406 e. The Bertz CT molecular complexity index is 603. The standard InChI is InChI=1S/C18H22F3NO3/c1-2-7-24-11-12-8-13-10-22(17(23)16(13)9-12)14-3-5-15(6-4-14)25-18(19,20)21/h3-6,12-13,16H,2,7-11H2,1H3. The summed E-state index contributed by atoms with van der Waals surface area (Å²) in [6.07, 6.45) is -1.93. The van der Waals surface area contributed by atoms with Gasteiger partial charge >= 0.3 is 6.36 Å². The lowest BCUT2D eigenvalue weighted by molar-refractivity contribution is -0.274. The Morgan fingerprint density at radius 2 is 1.92 bits per heavy atom. The molecule has 1 heterocycles. The zero-order valence-electron chi connectivity index (χ0n) is 14.1. The van der Waals surface area contributed by atoms with E-state index in [9.17, 15) is 18.0 Å². The molecule has 1 aliphatic carbocycles. The first-order chi connectivity index (χ1) is 11.9. The second kappa shape index (κ2) is 7.23. The van der Waals surface area contributed by atoms with Crippen molar-refractivity contribution >= 4 is 11.6 Å². The molecular formula is C18H22F3NO3. The fourth-order valence-corrected chi connectivity index (χ4v) is 3.86. The fourth-order valence-electron chi connectivity index (χ4n) is 3.86. The van der Waals surface area contributed by atoms with Gasteiger partial charge in [0.15, 0.2) is 0 Å². The van der Waals surface area contributed by atoms with Gasteiger partial charge in [-0.15, -0.1) is 13.2 Å².